The molecule has 0 rings (SSSR count). The number of carboxylic acids is 1. The molecule has 0 aliphatic carbocycles. The number of nitrogens with one attached hydrogen (secondary N) is 2. The Hall–Kier alpha value is -1.09. The lowest BCUT2D eigenvalue weighted by atomic mass is 10.2. The van der Waals surface area contributed by atoms with Crippen LogP contribution in [0.2, 0.25) is 0 Å². The van der Waals surface area contributed by atoms with Gasteiger partial charge in [-0.1, -0.05) is 36.5 Å². The number of aliphatic hydroxyl groups is 1. The van der Waals surface area contributed by atoms with Crippen LogP contribution in [0.3, 0.4) is 0 Å². The van der Waals surface area contributed by atoms with Crippen LogP contribution in [0.15, 0.2) is 0 Å². The number of halogens is 2. The van der Waals surface area contributed by atoms with Gasteiger partial charge in [0, 0.05) is 0 Å². The number of hydrogen-bond donors (Lipinski definition) is 5. The highest BCUT2D eigenvalue weighted by molar-refractivity contribution is 6.48. The van der Waals surface area contributed by atoms with Gasteiger partial charge in [0.2, 0.25) is 11.8 Å². The van der Waals surface area contributed by atoms with E-state index in [2.05, 4.69) is 10.6 Å². The molecule has 0 aromatic heterocycles. The van der Waals surface area contributed by atoms with E-state index < -0.39 is 47.4 Å². The van der Waals surface area contributed by atoms with Crippen LogP contribution in [0.5, 0.6) is 0 Å². The summed E-state index contributed by atoms with van der Waals surface area (Å²) in [6.07, 6.45) is 0.274. The van der Waals surface area contributed by atoms with E-state index in [1.165, 1.54) is 0 Å². The van der Waals surface area contributed by atoms with Crippen molar-refractivity contribution in [1.29, 1.82) is 0 Å². The quantitative estimate of drug-likeness (QED) is 0.277. The number of amides is 2. The van der Waals surface area contributed by atoms with Crippen molar-refractivity contribution in [3.8, 4) is 0 Å². The normalized spacial score (nSPS) is 14.1. The molecule has 122 valence electrons. The van der Waals surface area contributed by atoms with Crippen LogP contribution in [0.4, 0.5) is 0 Å². The van der Waals surface area contributed by atoms with E-state index in [0.717, 1.165) is 0 Å². The summed E-state index contributed by atoms with van der Waals surface area (Å²) in [4.78, 5) is 33.9. The molecule has 2 amide bonds. The fourth-order valence-electron chi connectivity index (χ4n) is 1.40. The smallest absolute Gasteiger partial charge is 0.305 e. The summed E-state index contributed by atoms with van der Waals surface area (Å²) >= 11 is 11.7. The number of hydrogen-bond acceptors (Lipinski definition) is 5. The van der Waals surface area contributed by atoms with E-state index in [0.29, 0.717) is 6.42 Å². The van der Waals surface area contributed by atoms with Crippen LogP contribution in [0.1, 0.15) is 26.2 Å². The Bertz CT molecular complexity index is 392. The molecule has 0 bridgehead atoms. The summed E-state index contributed by atoms with van der Waals surface area (Å²) in [5.41, 5.74) is 5.34. The van der Waals surface area contributed by atoms with Crippen molar-refractivity contribution in [2.75, 3.05) is 6.61 Å². The molecule has 0 aliphatic rings. The van der Waals surface area contributed by atoms with Crippen LogP contribution in [-0.2, 0) is 14.4 Å². The molecule has 6 N–H and O–H groups in total. The first-order chi connectivity index (χ1) is 9.62. The van der Waals surface area contributed by atoms with Gasteiger partial charge in [-0.25, -0.2) is 0 Å². The van der Waals surface area contributed by atoms with Crippen molar-refractivity contribution < 1.29 is 24.6 Å². The fourth-order valence-corrected chi connectivity index (χ4v) is 1.96. The number of aliphatic hydroxyl groups excluding tert-OH is 1. The minimum absolute atomic E-state index is 0.270. The van der Waals surface area contributed by atoms with Gasteiger partial charge in [-0.3, -0.25) is 14.4 Å². The van der Waals surface area contributed by atoms with Crippen LogP contribution in [0.25, 0.3) is 0 Å². The first-order valence-corrected chi connectivity index (χ1v) is 6.97. The van der Waals surface area contributed by atoms with E-state index in [1.807, 2.05) is 6.92 Å². The summed E-state index contributed by atoms with van der Waals surface area (Å²) in [6.45, 7) is 1.09. The highest BCUT2D eigenvalue weighted by Crippen LogP contribution is 2.23. The third kappa shape index (κ3) is 8.05. The van der Waals surface area contributed by atoms with Gasteiger partial charge in [0.25, 0.3) is 0 Å². The number of carboxylic acid groups (broad SMARTS) is 1. The van der Waals surface area contributed by atoms with Crippen LogP contribution in [-0.4, -0.2) is 51.1 Å². The molecule has 8 nitrogen and oxygen atoms in total. The first kappa shape index (κ1) is 19.9. The lowest BCUT2D eigenvalue weighted by molar-refractivity contribution is -0.139. The molecular weight excluding hydrogens is 325 g/mol. The minimum Gasteiger partial charge on any atom is -0.481 e. The Morgan fingerprint density at radius 2 is 1.86 bits per heavy atom. The van der Waals surface area contributed by atoms with Crippen molar-refractivity contribution in [3.05, 3.63) is 0 Å². The maximum Gasteiger partial charge on any atom is 0.305 e. The summed E-state index contributed by atoms with van der Waals surface area (Å²) in [5, 5.41) is 22.0. The van der Waals surface area contributed by atoms with Gasteiger partial charge in [-0.2, -0.15) is 0 Å². The third-order valence-corrected chi connectivity index (χ3v) is 2.98. The van der Waals surface area contributed by atoms with E-state index in [9.17, 15) is 14.4 Å². The monoisotopic (exact) mass is 343 g/mol. The number of carbonyl (C=O) groups is 3. The first-order valence-electron chi connectivity index (χ1n) is 6.21. The SMILES string of the molecule is CCCC(Cl)(Cl)NC(=O)[C@@H](CO)NC(=O)[C@@H](N)CC(=O)O. The molecule has 0 unspecified atom stereocenters. The fraction of sp³-hybridized carbons (Fsp3) is 0.727. The van der Waals surface area contributed by atoms with Gasteiger partial charge in [0.15, 0.2) is 4.46 Å². The Morgan fingerprint density at radius 3 is 2.29 bits per heavy atom. The van der Waals surface area contributed by atoms with E-state index in [1.54, 1.807) is 0 Å². The predicted molar refractivity (Wildman–Crippen MR) is 76.7 cm³/mol. The zero-order chi connectivity index (χ0) is 16.6. The number of rotatable bonds is 9. The van der Waals surface area contributed by atoms with Gasteiger partial charge in [0.1, 0.15) is 6.04 Å². The molecule has 0 aromatic carbocycles. The van der Waals surface area contributed by atoms with Crippen LogP contribution < -0.4 is 16.4 Å². The lowest BCUT2D eigenvalue weighted by Crippen LogP contribution is -2.56. The molecule has 0 saturated heterocycles. The molecule has 0 aromatic rings. The Balaban J connectivity index is 4.60. The van der Waals surface area contributed by atoms with E-state index in [4.69, 9.17) is 39.1 Å². The van der Waals surface area contributed by atoms with Crippen molar-refractivity contribution >= 4 is 41.0 Å². The van der Waals surface area contributed by atoms with Crippen LogP contribution in [0, 0.1) is 0 Å². The molecular formula is C11H19Cl2N3O5. The number of carbonyl (C=O) groups excluding carboxylic acids is 2. The second-order valence-electron chi connectivity index (χ2n) is 4.39. The zero-order valence-corrected chi connectivity index (χ0v) is 12.9. The van der Waals surface area contributed by atoms with Gasteiger partial charge < -0.3 is 26.6 Å². The second kappa shape index (κ2) is 9.04. The summed E-state index contributed by atoms with van der Waals surface area (Å²) < 4.78 is -1.52. The lowest BCUT2D eigenvalue weighted by Gasteiger charge is -2.24. The Labute approximate surface area is 132 Å². The Kier molecular flexibility index (Phi) is 8.57. The zero-order valence-electron chi connectivity index (χ0n) is 11.4. The summed E-state index contributed by atoms with van der Waals surface area (Å²) in [6, 6.07) is -2.66. The van der Waals surface area contributed by atoms with Crippen molar-refractivity contribution in [3.63, 3.8) is 0 Å². The molecule has 0 saturated carbocycles. The highest BCUT2D eigenvalue weighted by atomic mass is 35.5. The molecule has 2 atom stereocenters. The predicted octanol–water partition coefficient (Wildman–Crippen LogP) is -0.687. The van der Waals surface area contributed by atoms with Crippen molar-refractivity contribution in [2.45, 2.75) is 42.7 Å². The molecule has 0 fully saturated rings. The molecule has 21 heavy (non-hydrogen) atoms. The Morgan fingerprint density at radius 1 is 1.29 bits per heavy atom. The molecule has 0 aliphatic heterocycles. The summed E-state index contributed by atoms with van der Waals surface area (Å²) in [7, 11) is 0. The standard InChI is InChI=1S/C11H19Cl2N3O5/c1-2-3-11(12,13)16-10(21)7(5-17)15-9(20)6(14)4-8(18)19/h6-7,17H,2-5,14H2,1H3,(H,15,20)(H,16,21)(H,18,19)/t6-,7+/m0/s1. The second-order valence-corrected chi connectivity index (χ2v) is 5.88. The average molecular weight is 344 g/mol. The topological polar surface area (TPSA) is 142 Å². The van der Waals surface area contributed by atoms with Gasteiger partial charge >= 0.3 is 5.97 Å². The summed E-state index contributed by atoms with van der Waals surface area (Å²) in [5.74, 6) is -2.94. The molecule has 10 heteroatoms. The largest absolute Gasteiger partial charge is 0.481 e. The van der Waals surface area contributed by atoms with Crippen LogP contribution >= 0.6 is 23.2 Å². The highest BCUT2D eigenvalue weighted by Gasteiger charge is 2.30. The van der Waals surface area contributed by atoms with Crippen molar-refractivity contribution in [1.82, 2.24) is 10.6 Å². The van der Waals surface area contributed by atoms with Gasteiger partial charge in [-0.05, 0) is 6.42 Å². The number of alkyl halides is 2. The average Bonchev–Trinajstić information content (AvgIpc) is 2.33. The van der Waals surface area contributed by atoms with E-state index >= 15 is 0 Å². The van der Waals surface area contributed by atoms with Gasteiger partial charge in [-0.15, -0.1) is 0 Å². The molecule has 0 radical (unpaired) electrons. The number of aliphatic carboxylic acids is 1. The minimum atomic E-state index is -1.52. The molecule has 0 heterocycles. The molecule has 0 spiro atoms. The van der Waals surface area contributed by atoms with Crippen molar-refractivity contribution in [2.24, 2.45) is 5.73 Å². The van der Waals surface area contributed by atoms with Gasteiger partial charge in [0.05, 0.1) is 19.1 Å². The van der Waals surface area contributed by atoms with E-state index in [-0.39, 0.29) is 6.42 Å². The maximum absolute atomic E-state index is 11.8. The number of nitrogens with two attached hydrogens (primary N) is 1. The maximum atomic E-state index is 11.8. The third-order valence-electron chi connectivity index (χ3n) is 2.42.